The van der Waals surface area contributed by atoms with Gasteiger partial charge in [0.25, 0.3) is 0 Å². The Labute approximate surface area is 148 Å². The summed E-state index contributed by atoms with van der Waals surface area (Å²) in [6, 6.07) is 4.64. The lowest BCUT2D eigenvalue weighted by atomic mass is 9.74. The monoisotopic (exact) mass is 347 g/mol. The van der Waals surface area contributed by atoms with Gasteiger partial charge in [0.2, 0.25) is 0 Å². The van der Waals surface area contributed by atoms with Gasteiger partial charge in [-0.15, -0.1) is 4.72 Å². The Kier molecular flexibility index (Phi) is 4.19. The number of rotatable bonds is 3. The van der Waals surface area contributed by atoms with E-state index in [0.717, 1.165) is 32.4 Å². The smallest absolute Gasteiger partial charge is 0.136 e. The summed E-state index contributed by atoms with van der Waals surface area (Å²) in [6.45, 7) is 8.20. The van der Waals surface area contributed by atoms with Crippen LogP contribution in [0.1, 0.15) is 75.4 Å². The van der Waals surface area contributed by atoms with Gasteiger partial charge in [0, 0.05) is 34.1 Å². The minimum absolute atomic E-state index is 0.162. The molecule has 5 heteroatoms. The van der Waals surface area contributed by atoms with E-state index in [2.05, 4.69) is 22.2 Å². The molecule has 0 radical (unpaired) electrons. The quantitative estimate of drug-likeness (QED) is 0.825. The molecule has 1 spiro atoms. The van der Waals surface area contributed by atoms with Crippen molar-refractivity contribution >= 4 is 11.4 Å². The van der Waals surface area contributed by atoms with Crippen molar-refractivity contribution in [1.82, 2.24) is 15.0 Å². The average Bonchev–Trinajstić information content (AvgIpc) is 3.34. The summed E-state index contributed by atoms with van der Waals surface area (Å²) >= 11 is -1.06. The van der Waals surface area contributed by atoms with Crippen LogP contribution in [-0.2, 0) is 17.8 Å². The highest BCUT2D eigenvalue weighted by atomic mass is 32.2. The Morgan fingerprint density at radius 1 is 1.25 bits per heavy atom. The molecule has 4 nitrogen and oxygen atoms in total. The summed E-state index contributed by atoms with van der Waals surface area (Å²) in [6.07, 6.45) is 5.86. The summed E-state index contributed by atoms with van der Waals surface area (Å²) in [4.78, 5) is 5.03. The van der Waals surface area contributed by atoms with Crippen LogP contribution < -0.4 is 10.0 Å². The van der Waals surface area contributed by atoms with Gasteiger partial charge in [0.15, 0.2) is 0 Å². The minimum Gasteiger partial charge on any atom is -0.598 e. The van der Waals surface area contributed by atoms with Gasteiger partial charge in [0.05, 0.1) is 6.04 Å². The molecule has 0 amide bonds. The second-order valence-electron chi connectivity index (χ2n) is 8.77. The van der Waals surface area contributed by atoms with E-state index in [1.807, 2.05) is 20.8 Å². The maximum absolute atomic E-state index is 12.8. The van der Waals surface area contributed by atoms with E-state index in [1.54, 1.807) is 0 Å². The van der Waals surface area contributed by atoms with E-state index in [9.17, 15) is 4.55 Å². The first-order chi connectivity index (χ1) is 11.4. The molecule has 2 N–H and O–H groups in total. The highest BCUT2D eigenvalue weighted by Crippen LogP contribution is 2.52. The van der Waals surface area contributed by atoms with Crippen LogP contribution in [0, 0.1) is 5.41 Å². The fraction of sp³-hybridized carbons (Fsp3) is 0.737. The molecule has 0 bridgehead atoms. The summed E-state index contributed by atoms with van der Waals surface area (Å²) in [5.74, 6) is 0.690. The molecule has 2 atom stereocenters. The second kappa shape index (κ2) is 5.97. The molecule has 1 saturated heterocycles. The zero-order valence-electron chi connectivity index (χ0n) is 15.0. The first-order valence-electron chi connectivity index (χ1n) is 9.28. The fourth-order valence-corrected chi connectivity index (χ4v) is 5.11. The first kappa shape index (κ1) is 16.8. The number of hydrogen-bond acceptors (Lipinski definition) is 4. The van der Waals surface area contributed by atoms with Crippen LogP contribution in [0.25, 0.3) is 0 Å². The van der Waals surface area contributed by atoms with Crippen LogP contribution in [0.2, 0.25) is 0 Å². The zero-order valence-corrected chi connectivity index (χ0v) is 15.8. The van der Waals surface area contributed by atoms with Gasteiger partial charge in [-0.05, 0) is 77.6 Å². The number of piperidine rings is 1. The van der Waals surface area contributed by atoms with Gasteiger partial charge in [-0.2, -0.15) is 0 Å². The maximum atomic E-state index is 12.8. The SMILES string of the molecule is CC(C)(C)[S@@+]([O-])N[C@@H]1c2ccc(C3CC3)nc2CC12CCNCC2. The molecular weight excluding hydrogens is 318 g/mol. The summed E-state index contributed by atoms with van der Waals surface area (Å²) in [5.41, 5.74) is 3.99. The van der Waals surface area contributed by atoms with Gasteiger partial charge in [-0.3, -0.25) is 4.98 Å². The highest BCUT2D eigenvalue weighted by Gasteiger charge is 2.50. The van der Waals surface area contributed by atoms with Crippen molar-refractivity contribution in [2.75, 3.05) is 13.1 Å². The van der Waals surface area contributed by atoms with Crippen molar-refractivity contribution in [3.8, 4) is 0 Å². The third-order valence-electron chi connectivity index (χ3n) is 5.85. The number of hydrogen-bond donors (Lipinski definition) is 2. The highest BCUT2D eigenvalue weighted by molar-refractivity contribution is 7.90. The molecule has 0 unspecified atom stereocenters. The van der Waals surface area contributed by atoms with Crippen LogP contribution >= 0.6 is 0 Å². The van der Waals surface area contributed by atoms with E-state index in [4.69, 9.17) is 4.98 Å². The second-order valence-corrected chi connectivity index (χ2v) is 10.8. The molecular formula is C19H29N3OS. The van der Waals surface area contributed by atoms with Gasteiger partial charge >= 0.3 is 0 Å². The third kappa shape index (κ3) is 3.00. The lowest BCUT2D eigenvalue weighted by molar-refractivity contribution is 0.163. The Hall–Kier alpha value is -0.620. The standard InChI is InChI=1S/C19H29N3OS/c1-18(2,3)24(23)22-17-14-6-7-15(13-4-5-13)21-16(14)12-19(17)8-10-20-11-9-19/h6-7,13,17,20,22H,4-5,8-12H2,1-3H3/t17-,24-/m1/s1. The summed E-state index contributed by atoms with van der Waals surface area (Å²) in [7, 11) is 0. The first-order valence-corrected chi connectivity index (χ1v) is 10.4. The van der Waals surface area contributed by atoms with Gasteiger partial charge < -0.3 is 9.87 Å². The van der Waals surface area contributed by atoms with Crippen molar-refractivity contribution in [2.24, 2.45) is 5.41 Å². The number of aromatic nitrogens is 1. The van der Waals surface area contributed by atoms with E-state index in [0.29, 0.717) is 5.92 Å². The van der Waals surface area contributed by atoms with Crippen LogP contribution in [-0.4, -0.2) is 27.4 Å². The lowest BCUT2D eigenvalue weighted by Crippen LogP contribution is -2.48. The molecule has 3 aliphatic rings. The molecule has 4 rings (SSSR count). The summed E-state index contributed by atoms with van der Waals surface area (Å²) in [5, 5.41) is 3.48. The summed E-state index contributed by atoms with van der Waals surface area (Å²) < 4.78 is 16.1. The van der Waals surface area contributed by atoms with E-state index < -0.39 is 11.4 Å². The maximum Gasteiger partial charge on any atom is 0.136 e. The van der Waals surface area contributed by atoms with Crippen LogP contribution in [0.4, 0.5) is 0 Å². The Morgan fingerprint density at radius 2 is 1.96 bits per heavy atom. The average molecular weight is 348 g/mol. The Bertz CT molecular complexity index is 618. The van der Waals surface area contributed by atoms with E-state index in [1.165, 1.54) is 29.8 Å². The molecule has 0 aromatic carbocycles. The third-order valence-corrected chi connectivity index (χ3v) is 7.41. The number of fused-ring (bicyclic) bond motifs is 1. The minimum atomic E-state index is -1.06. The van der Waals surface area contributed by atoms with Gasteiger partial charge in [0.1, 0.15) is 4.75 Å². The molecule has 2 heterocycles. The van der Waals surface area contributed by atoms with Crippen LogP contribution in [0.5, 0.6) is 0 Å². The fourth-order valence-electron chi connectivity index (χ4n) is 4.17. The largest absolute Gasteiger partial charge is 0.598 e. The predicted molar refractivity (Wildman–Crippen MR) is 98.2 cm³/mol. The van der Waals surface area contributed by atoms with Crippen LogP contribution in [0.15, 0.2) is 12.1 Å². The topological polar surface area (TPSA) is 60.0 Å². The van der Waals surface area contributed by atoms with Crippen molar-refractivity contribution in [2.45, 2.75) is 69.6 Å². The number of nitrogens with one attached hydrogen (secondary N) is 2. The molecule has 2 aliphatic carbocycles. The van der Waals surface area contributed by atoms with Crippen molar-refractivity contribution in [1.29, 1.82) is 0 Å². The number of nitrogens with zero attached hydrogens (tertiary/aromatic N) is 1. The van der Waals surface area contributed by atoms with Gasteiger partial charge in [-0.1, -0.05) is 6.07 Å². The Balaban J connectivity index is 1.67. The molecule has 1 aliphatic heterocycles. The predicted octanol–water partition coefficient (Wildman–Crippen LogP) is 2.98. The molecule has 1 saturated carbocycles. The Morgan fingerprint density at radius 3 is 2.58 bits per heavy atom. The van der Waals surface area contributed by atoms with Gasteiger partial charge in [-0.25, -0.2) is 0 Å². The molecule has 24 heavy (non-hydrogen) atoms. The van der Waals surface area contributed by atoms with E-state index in [-0.39, 0.29) is 16.2 Å². The zero-order chi connectivity index (χ0) is 16.9. The molecule has 1 aromatic rings. The van der Waals surface area contributed by atoms with Crippen molar-refractivity contribution in [3.63, 3.8) is 0 Å². The number of pyridine rings is 1. The van der Waals surface area contributed by atoms with Crippen molar-refractivity contribution in [3.05, 3.63) is 29.1 Å². The molecule has 2 fully saturated rings. The molecule has 132 valence electrons. The molecule has 1 aromatic heterocycles. The normalized spacial score (nSPS) is 27.2. The van der Waals surface area contributed by atoms with Crippen molar-refractivity contribution < 1.29 is 4.55 Å². The van der Waals surface area contributed by atoms with E-state index >= 15 is 0 Å². The lowest BCUT2D eigenvalue weighted by Gasteiger charge is -2.40. The van der Waals surface area contributed by atoms with Crippen LogP contribution in [0.3, 0.4) is 0 Å².